The molecule has 0 spiro atoms. The summed E-state index contributed by atoms with van der Waals surface area (Å²) in [6.07, 6.45) is -0.0242. The molecule has 38 heavy (non-hydrogen) atoms. The predicted octanol–water partition coefficient (Wildman–Crippen LogP) is 4.86. The van der Waals surface area contributed by atoms with Crippen LogP contribution in [-0.2, 0) is 21.4 Å². The van der Waals surface area contributed by atoms with Crippen LogP contribution in [0.1, 0.15) is 25.0 Å². The van der Waals surface area contributed by atoms with E-state index in [-0.39, 0.29) is 39.7 Å². The lowest BCUT2D eigenvalue weighted by molar-refractivity contribution is -0.385. The number of nitrogens with one attached hydrogen (secondary N) is 1. The molecular weight excluding hydrogens is 534 g/mol. The Hall–Kier alpha value is -3.83. The van der Waals surface area contributed by atoms with Crippen molar-refractivity contribution in [2.75, 3.05) is 18.0 Å². The molecule has 1 amide bonds. The molecule has 202 valence electrons. The third-order valence-electron chi connectivity index (χ3n) is 5.42. The molecule has 3 rings (SSSR count). The van der Waals surface area contributed by atoms with E-state index < -0.39 is 27.4 Å². The van der Waals surface area contributed by atoms with Gasteiger partial charge in [0, 0.05) is 23.2 Å². The summed E-state index contributed by atoms with van der Waals surface area (Å²) in [7, 11) is -3.12. The molecule has 0 atom stereocenters. The first-order valence-electron chi connectivity index (χ1n) is 11.6. The molecule has 3 aromatic carbocycles. The maximum atomic E-state index is 13.8. The Morgan fingerprint density at radius 3 is 2.53 bits per heavy atom. The number of aryl methyl sites for hydroxylation is 1. The molecule has 0 bridgehead atoms. The number of carbonyl (C=O) groups is 1. The van der Waals surface area contributed by atoms with E-state index in [1.54, 1.807) is 24.3 Å². The zero-order chi connectivity index (χ0) is 28.0. The zero-order valence-corrected chi connectivity index (χ0v) is 22.9. The van der Waals surface area contributed by atoms with Gasteiger partial charge in [0.15, 0.2) is 0 Å². The number of sulfonamides is 1. The van der Waals surface area contributed by atoms with Crippen molar-refractivity contribution in [2.24, 2.45) is 0 Å². The van der Waals surface area contributed by atoms with Crippen LogP contribution in [0, 0.1) is 17.0 Å². The molecule has 0 radical (unpaired) electrons. The van der Waals surface area contributed by atoms with E-state index >= 15 is 0 Å². The molecule has 1 N–H and O–H groups in total. The second-order valence-corrected chi connectivity index (χ2v) is 10.9. The van der Waals surface area contributed by atoms with E-state index in [0.717, 1.165) is 15.9 Å². The number of nitro groups is 1. The average Bonchev–Trinajstić information content (AvgIpc) is 2.85. The van der Waals surface area contributed by atoms with Crippen LogP contribution in [0.4, 0.5) is 11.4 Å². The minimum Gasteiger partial charge on any atom is -0.495 e. The van der Waals surface area contributed by atoms with Crippen LogP contribution in [0.3, 0.4) is 0 Å². The van der Waals surface area contributed by atoms with Crippen molar-refractivity contribution in [1.29, 1.82) is 0 Å². The number of hydrogen-bond donors (Lipinski definition) is 1. The second kappa shape index (κ2) is 12.1. The lowest BCUT2D eigenvalue weighted by Gasteiger charge is -2.26. The van der Waals surface area contributed by atoms with Gasteiger partial charge in [-0.05, 0) is 62.7 Å². The zero-order valence-electron chi connectivity index (χ0n) is 21.3. The predicted molar refractivity (Wildman–Crippen MR) is 144 cm³/mol. The first kappa shape index (κ1) is 28.7. The van der Waals surface area contributed by atoms with Gasteiger partial charge in [-0.15, -0.1) is 0 Å². The summed E-state index contributed by atoms with van der Waals surface area (Å²) in [5.74, 6) is 0.166. The van der Waals surface area contributed by atoms with Crippen LogP contribution in [0.15, 0.2) is 65.6 Å². The normalized spacial score (nSPS) is 11.2. The summed E-state index contributed by atoms with van der Waals surface area (Å²) in [4.78, 5) is 23.5. The minimum atomic E-state index is -4.47. The molecule has 0 fully saturated rings. The molecule has 0 aliphatic rings. The number of halogens is 1. The van der Waals surface area contributed by atoms with Crippen molar-refractivity contribution in [2.45, 2.75) is 38.3 Å². The molecule has 0 saturated carbocycles. The largest absolute Gasteiger partial charge is 0.495 e. The van der Waals surface area contributed by atoms with Gasteiger partial charge in [-0.3, -0.25) is 19.2 Å². The van der Waals surface area contributed by atoms with Crippen LogP contribution in [0.5, 0.6) is 11.5 Å². The van der Waals surface area contributed by atoms with E-state index in [9.17, 15) is 23.3 Å². The van der Waals surface area contributed by atoms with Gasteiger partial charge in [-0.1, -0.05) is 29.8 Å². The number of hydrogen-bond acceptors (Lipinski definition) is 7. The summed E-state index contributed by atoms with van der Waals surface area (Å²) in [5, 5.41) is 14.4. The maximum absolute atomic E-state index is 13.8. The van der Waals surface area contributed by atoms with E-state index in [2.05, 4.69) is 5.32 Å². The third-order valence-corrected chi connectivity index (χ3v) is 7.41. The maximum Gasteiger partial charge on any atom is 0.273 e. The van der Waals surface area contributed by atoms with Crippen LogP contribution < -0.4 is 19.1 Å². The molecule has 0 saturated heterocycles. The van der Waals surface area contributed by atoms with E-state index in [4.69, 9.17) is 21.1 Å². The number of nitrogens with zero attached hydrogens (tertiary/aromatic N) is 2. The lowest BCUT2D eigenvalue weighted by atomic mass is 10.2. The van der Waals surface area contributed by atoms with Gasteiger partial charge in [-0.2, -0.15) is 0 Å². The monoisotopic (exact) mass is 561 g/mol. The first-order valence-corrected chi connectivity index (χ1v) is 13.4. The summed E-state index contributed by atoms with van der Waals surface area (Å²) in [5.41, 5.74) is 0.686. The van der Waals surface area contributed by atoms with Gasteiger partial charge in [0.1, 0.15) is 18.0 Å². The number of carbonyl (C=O) groups excluding carboxylic acids is 1. The summed E-state index contributed by atoms with van der Waals surface area (Å²) >= 11 is 6.15. The number of nitro benzene ring substituents is 1. The highest BCUT2D eigenvalue weighted by molar-refractivity contribution is 7.92. The van der Waals surface area contributed by atoms with Gasteiger partial charge >= 0.3 is 0 Å². The highest BCUT2D eigenvalue weighted by Gasteiger charge is 2.31. The molecule has 0 aromatic heterocycles. The average molecular weight is 562 g/mol. The topological polar surface area (TPSA) is 128 Å². The van der Waals surface area contributed by atoms with Crippen molar-refractivity contribution in [3.05, 3.63) is 86.9 Å². The van der Waals surface area contributed by atoms with Crippen LogP contribution in [-0.4, -0.2) is 39.0 Å². The number of methoxy groups -OCH3 is 1. The molecule has 0 unspecified atom stereocenters. The second-order valence-electron chi connectivity index (χ2n) is 8.62. The van der Waals surface area contributed by atoms with Crippen molar-refractivity contribution in [3.63, 3.8) is 0 Å². The van der Waals surface area contributed by atoms with E-state index in [1.165, 1.54) is 44.4 Å². The molecule has 12 heteroatoms. The summed E-state index contributed by atoms with van der Waals surface area (Å²) in [6.45, 7) is 4.78. The molecular formula is C26H28ClN3O7S. The fourth-order valence-corrected chi connectivity index (χ4v) is 5.23. The van der Waals surface area contributed by atoms with Crippen molar-refractivity contribution in [3.8, 4) is 11.5 Å². The fraction of sp³-hybridized carbons (Fsp3) is 0.269. The molecule has 3 aromatic rings. The van der Waals surface area contributed by atoms with E-state index in [1.807, 2.05) is 13.8 Å². The van der Waals surface area contributed by atoms with Gasteiger partial charge < -0.3 is 14.8 Å². The van der Waals surface area contributed by atoms with Gasteiger partial charge in [-0.25, -0.2) is 8.42 Å². The number of amides is 1. The molecule has 0 aliphatic carbocycles. The van der Waals surface area contributed by atoms with Crippen LogP contribution >= 0.6 is 11.6 Å². The number of benzene rings is 3. The number of rotatable bonds is 11. The van der Waals surface area contributed by atoms with Gasteiger partial charge in [0.25, 0.3) is 15.7 Å². The van der Waals surface area contributed by atoms with Crippen molar-refractivity contribution in [1.82, 2.24) is 5.32 Å². The Kier molecular flexibility index (Phi) is 9.18. The van der Waals surface area contributed by atoms with Crippen LogP contribution in [0.2, 0.25) is 5.02 Å². The first-order chi connectivity index (χ1) is 17.9. The minimum absolute atomic E-state index is 0.00529. The standard InChI is InChI=1S/C26H28ClN3O7S/c1-17(2)37-21-7-5-6-19(12-21)15-28-26(31)16-29(24-13-20(27)9-11-25(24)36-4)38(34,35)22-10-8-18(3)23(14-22)30(32)33/h5-14,17H,15-16H2,1-4H3,(H,28,31). The smallest absolute Gasteiger partial charge is 0.273 e. The molecule has 0 heterocycles. The quantitative estimate of drug-likeness (QED) is 0.261. The molecule has 0 aliphatic heterocycles. The highest BCUT2D eigenvalue weighted by atomic mass is 35.5. The Morgan fingerprint density at radius 1 is 1.13 bits per heavy atom. The Labute approximate surface area is 226 Å². The lowest BCUT2D eigenvalue weighted by Crippen LogP contribution is -2.41. The Balaban J connectivity index is 1.96. The summed E-state index contributed by atoms with van der Waals surface area (Å²) in [6, 6.07) is 15.0. The highest BCUT2D eigenvalue weighted by Crippen LogP contribution is 2.35. The third kappa shape index (κ3) is 6.93. The number of ether oxygens (including phenoxy) is 2. The van der Waals surface area contributed by atoms with Gasteiger partial charge in [0.05, 0.1) is 28.7 Å². The number of anilines is 1. The summed E-state index contributed by atoms with van der Waals surface area (Å²) < 4.78 is 39.4. The van der Waals surface area contributed by atoms with Crippen molar-refractivity contribution >= 4 is 38.9 Å². The van der Waals surface area contributed by atoms with Crippen LogP contribution in [0.25, 0.3) is 0 Å². The fourth-order valence-electron chi connectivity index (χ4n) is 3.62. The Bertz CT molecular complexity index is 1440. The van der Waals surface area contributed by atoms with Gasteiger partial charge in [0.2, 0.25) is 5.91 Å². The van der Waals surface area contributed by atoms with Crippen molar-refractivity contribution < 1.29 is 27.6 Å². The van der Waals surface area contributed by atoms with E-state index in [0.29, 0.717) is 11.3 Å². The SMILES string of the molecule is COc1ccc(Cl)cc1N(CC(=O)NCc1cccc(OC(C)C)c1)S(=O)(=O)c1ccc(C)c([N+](=O)[O-])c1. The Morgan fingerprint density at radius 2 is 1.87 bits per heavy atom. The molecule has 10 nitrogen and oxygen atoms in total.